The number of likely N-dealkylation sites (tertiary alicyclic amines) is 1. The molecule has 1 aliphatic heterocycles. The third-order valence-corrected chi connectivity index (χ3v) is 4.05. The lowest BCUT2D eigenvalue weighted by atomic mass is 10.1. The summed E-state index contributed by atoms with van der Waals surface area (Å²) in [4.78, 5) is 25.5. The minimum absolute atomic E-state index is 0.0791. The van der Waals surface area contributed by atoms with Crippen LogP contribution < -0.4 is 10.1 Å². The van der Waals surface area contributed by atoms with Gasteiger partial charge in [0, 0.05) is 26.1 Å². The van der Waals surface area contributed by atoms with Crippen molar-refractivity contribution in [3.8, 4) is 5.75 Å². The summed E-state index contributed by atoms with van der Waals surface area (Å²) >= 11 is 0. The number of benzene rings is 1. The first-order chi connectivity index (χ1) is 11.1. The molecule has 0 unspecified atom stereocenters. The van der Waals surface area contributed by atoms with Gasteiger partial charge in [0.25, 0.3) is 0 Å². The van der Waals surface area contributed by atoms with Gasteiger partial charge in [0.2, 0.25) is 11.8 Å². The smallest absolute Gasteiger partial charge is 0.224 e. The van der Waals surface area contributed by atoms with Crippen LogP contribution in [0.15, 0.2) is 18.2 Å². The Morgan fingerprint density at radius 2 is 1.91 bits per heavy atom. The van der Waals surface area contributed by atoms with Crippen molar-refractivity contribution in [1.29, 1.82) is 0 Å². The molecular formula is C18H26N2O3. The highest BCUT2D eigenvalue weighted by molar-refractivity contribution is 5.79. The largest absolute Gasteiger partial charge is 0.493 e. The zero-order valence-electron chi connectivity index (χ0n) is 14.1. The topological polar surface area (TPSA) is 58.6 Å². The molecule has 1 aliphatic rings. The summed E-state index contributed by atoms with van der Waals surface area (Å²) in [5.41, 5.74) is 2.20. The molecule has 1 N–H and O–H groups in total. The standard InChI is InChI=1S/C18H26N2O3/c1-14-5-6-15(2)16(13-14)23-12-8-17(21)19-9-7-18(22)20-10-3-4-11-20/h5-6,13H,3-4,7-12H2,1-2H3,(H,19,21). The zero-order chi connectivity index (χ0) is 16.7. The highest BCUT2D eigenvalue weighted by Crippen LogP contribution is 2.19. The summed E-state index contributed by atoms with van der Waals surface area (Å²) in [6.45, 7) is 6.45. The van der Waals surface area contributed by atoms with Gasteiger partial charge in [-0.15, -0.1) is 0 Å². The second-order valence-corrected chi connectivity index (χ2v) is 6.06. The van der Waals surface area contributed by atoms with Crippen molar-refractivity contribution in [2.24, 2.45) is 0 Å². The number of amides is 2. The number of nitrogens with one attached hydrogen (secondary N) is 1. The number of aryl methyl sites for hydroxylation is 2. The lowest BCUT2D eigenvalue weighted by molar-refractivity contribution is -0.130. The van der Waals surface area contributed by atoms with E-state index in [4.69, 9.17) is 4.74 Å². The van der Waals surface area contributed by atoms with Gasteiger partial charge in [0.05, 0.1) is 13.0 Å². The van der Waals surface area contributed by atoms with Crippen LogP contribution in [0.3, 0.4) is 0 Å². The minimum Gasteiger partial charge on any atom is -0.493 e. The highest BCUT2D eigenvalue weighted by atomic mass is 16.5. The van der Waals surface area contributed by atoms with Crippen LogP contribution in [-0.4, -0.2) is 43.0 Å². The van der Waals surface area contributed by atoms with Crippen LogP contribution in [0.5, 0.6) is 5.75 Å². The lowest BCUT2D eigenvalue weighted by Crippen LogP contribution is -2.33. The number of ether oxygens (including phenoxy) is 1. The molecule has 1 aromatic rings. The minimum atomic E-state index is -0.0791. The molecule has 1 aromatic carbocycles. The van der Waals surface area contributed by atoms with Crippen LogP contribution in [-0.2, 0) is 9.59 Å². The number of carbonyl (C=O) groups is 2. The van der Waals surface area contributed by atoms with Crippen molar-refractivity contribution < 1.29 is 14.3 Å². The molecule has 0 aromatic heterocycles. The van der Waals surface area contributed by atoms with Crippen LogP contribution in [0.4, 0.5) is 0 Å². The van der Waals surface area contributed by atoms with E-state index in [1.165, 1.54) is 0 Å². The zero-order valence-corrected chi connectivity index (χ0v) is 14.1. The quantitative estimate of drug-likeness (QED) is 0.838. The van der Waals surface area contributed by atoms with Gasteiger partial charge in [-0.05, 0) is 43.9 Å². The summed E-state index contributed by atoms with van der Waals surface area (Å²) < 4.78 is 5.66. The van der Waals surface area contributed by atoms with Gasteiger partial charge < -0.3 is 15.0 Å². The normalized spacial score (nSPS) is 13.9. The first-order valence-corrected chi connectivity index (χ1v) is 8.31. The SMILES string of the molecule is Cc1ccc(C)c(OCCC(=O)NCCC(=O)N2CCCC2)c1. The van der Waals surface area contributed by atoms with Crippen molar-refractivity contribution in [2.45, 2.75) is 39.5 Å². The molecule has 0 atom stereocenters. The van der Waals surface area contributed by atoms with Gasteiger partial charge in [-0.3, -0.25) is 9.59 Å². The predicted molar refractivity (Wildman–Crippen MR) is 89.5 cm³/mol. The predicted octanol–water partition coefficient (Wildman–Crippen LogP) is 2.20. The fourth-order valence-corrected chi connectivity index (χ4v) is 2.64. The number of hydrogen-bond acceptors (Lipinski definition) is 3. The molecular weight excluding hydrogens is 292 g/mol. The van der Waals surface area contributed by atoms with E-state index < -0.39 is 0 Å². The Balaban J connectivity index is 1.61. The summed E-state index contributed by atoms with van der Waals surface area (Å²) in [5, 5.41) is 2.78. The molecule has 2 amide bonds. The summed E-state index contributed by atoms with van der Waals surface area (Å²) in [5.74, 6) is 0.876. The van der Waals surface area contributed by atoms with Gasteiger partial charge in [0.15, 0.2) is 0 Å². The molecule has 126 valence electrons. The second-order valence-electron chi connectivity index (χ2n) is 6.06. The molecule has 1 fully saturated rings. The van der Waals surface area contributed by atoms with E-state index in [2.05, 4.69) is 5.32 Å². The molecule has 23 heavy (non-hydrogen) atoms. The van der Waals surface area contributed by atoms with Crippen molar-refractivity contribution in [1.82, 2.24) is 10.2 Å². The average Bonchev–Trinajstić information content (AvgIpc) is 3.05. The summed E-state index contributed by atoms with van der Waals surface area (Å²) in [6, 6.07) is 6.02. The molecule has 0 radical (unpaired) electrons. The monoisotopic (exact) mass is 318 g/mol. The van der Waals surface area contributed by atoms with Crippen molar-refractivity contribution >= 4 is 11.8 Å². The molecule has 1 heterocycles. The third kappa shape index (κ3) is 5.58. The van der Waals surface area contributed by atoms with Gasteiger partial charge in [-0.25, -0.2) is 0 Å². The Kier molecular flexibility index (Phi) is 6.44. The number of rotatable bonds is 7. The summed E-state index contributed by atoms with van der Waals surface area (Å²) in [6.07, 6.45) is 2.86. The first-order valence-electron chi connectivity index (χ1n) is 8.31. The van der Waals surface area contributed by atoms with E-state index >= 15 is 0 Å². The molecule has 1 saturated heterocycles. The number of carbonyl (C=O) groups excluding carboxylic acids is 2. The summed E-state index contributed by atoms with van der Waals surface area (Å²) in [7, 11) is 0. The van der Waals surface area contributed by atoms with Gasteiger partial charge in [0.1, 0.15) is 5.75 Å². The Bertz CT molecular complexity index is 551. The van der Waals surface area contributed by atoms with Crippen molar-refractivity contribution in [3.63, 3.8) is 0 Å². The molecule has 5 heteroatoms. The van der Waals surface area contributed by atoms with Gasteiger partial charge >= 0.3 is 0 Å². The fourth-order valence-electron chi connectivity index (χ4n) is 2.64. The van der Waals surface area contributed by atoms with Gasteiger partial charge in [-0.2, -0.15) is 0 Å². The molecule has 2 rings (SSSR count). The maximum Gasteiger partial charge on any atom is 0.224 e. The van der Waals surface area contributed by atoms with Crippen molar-refractivity contribution in [2.75, 3.05) is 26.2 Å². The second kappa shape index (κ2) is 8.56. The highest BCUT2D eigenvalue weighted by Gasteiger charge is 2.17. The van der Waals surface area contributed by atoms with Crippen molar-refractivity contribution in [3.05, 3.63) is 29.3 Å². The van der Waals surface area contributed by atoms with E-state index in [0.717, 1.165) is 42.8 Å². The molecule has 0 saturated carbocycles. The molecule has 0 bridgehead atoms. The van der Waals surface area contributed by atoms with E-state index in [9.17, 15) is 9.59 Å². The van der Waals surface area contributed by atoms with Crippen LogP contribution in [0.2, 0.25) is 0 Å². The maximum atomic E-state index is 11.8. The average molecular weight is 318 g/mol. The van der Waals surface area contributed by atoms with Crippen LogP contribution in [0, 0.1) is 13.8 Å². The molecule has 0 spiro atoms. The molecule has 5 nitrogen and oxygen atoms in total. The van der Waals surface area contributed by atoms with E-state index in [1.807, 2.05) is 36.9 Å². The van der Waals surface area contributed by atoms with Crippen LogP contribution >= 0.6 is 0 Å². The van der Waals surface area contributed by atoms with E-state index in [-0.39, 0.29) is 11.8 Å². The van der Waals surface area contributed by atoms with Crippen LogP contribution in [0.1, 0.15) is 36.8 Å². The van der Waals surface area contributed by atoms with E-state index in [1.54, 1.807) is 0 Å². The lowest BCUT2D eigenvalue weighted by Gasteiger charge is -2.15. The Labute approximate surface area is 138 Å². The Morgan fingerprint density at radius 3 is 2.65 bits per heavy atom. The number of nitrogens with zero attached hydrogens (tertiary/aromatic N) is 1. The fraction of sp³-hybridized carbons (Fsp3) is 0.556. The van der Waals surface area contributed by atoms with E-state index in [0.29, 0.717) is 26.0 Å². The maximum absolute atomic E-state index is 11.8. The molecule has 0 aliphatic carbocycles. The van der Waals surface area contributed by atoms with Crippen LogP contribution in [0.25, 0.3) is 0 Å². The number of hydrogen-bond donors (Lipinski definition) is 1. The van der Waals surface area contributed by atoms with Gasteiger partial charge in [-0.1, -0.05) is 12.1 Å². The Morgan fingerprint density at radius 1 is 1.17 bits per heavy atom. The Hall–Kier alpha value is -2.04. The first kappa shape index (κ1) is 17.3. The third-order valence-electron chi connectivity index (χ3n) is 4.05.